The molecule has 0 radical (unpaired) electrons. The number of nitrogens with zero attached hydrogens (tertiary/aromatic N) is 2. The van der Waals surface area contributed by atoms with Crippen LogP contribution >= 0.6 is 0 Å². The molecule has 0 aliphatic heterocycles. The number of sulfonamides is 1. The van der Waals surface area contributed by atoms with Crippen LogP contribution in [-0.2, 0) is 16.6 Å². The highest BCUT2D eigenvalue weighted by Crippen LogP contribution is 2.20. The molecular weight excluding hydrogens is 264 g/mol. The summed E-state index contributed by atoms with van der Waals surface area (Å²) in [7, 11) is -3.56. The molecule has 1 aromatic rings. The Morgan fingerprint density at radius 1 is 1.53 bits per heavy atom. The number of aromatic nitrogens is 2. The Hall–Kier alpha value is -1.34. The second kappa shape index (κ2) is 5.75. The summed E-state index contributed by atoms with van der Waals surface area (Å²) < 4.78 is 28.3. The lowest BCUT2D eigenvalue weighted by molar-refractivity contribution is 0.581. The highest BCUT2D eigenvalue weighted by atomic mass is 32.2. The number of nitrogens with two attached hydrogens (primary N) is 1. The maximum Gasteiger partial charge on any atom is 0.245 e. The third-order valence-electron chi connectivity index (χ3n) is 3.24. The van der Waals surface area contributed by atoms with Crippen LogP contribution in [0.15, 0.2) is 22.7 Å². The van der Waals surface area contributed by atoms with Gasteiger partial charge in [0, 0.05) is 19.3 Å². The Morgan fingerprint density at radius 2 is 2.32 bits per heavy atom. The molecule has 106 valence electrons. The molecule has 0 unspecified atom stereocenters. The van der Waals surface area contributed by atoms with Crippen LogP contribution in [0.1, 0.15) is 32.6 Å². The van der Waals surface area contributed by atoms with Gasteiger partial charge in [-0.3, -0.25) is 4.68 Å². The predicted molar refractivity (Wildman–Crippen MR) is 74.1 cm³/mol. The van der Waals surface area contributed by atoms with Crippen molar-refractivity contribution in [3.63, 3.8) is 0 Å². The zero-order chi connectivity index (χ0) is 13.9. The molecule has 0 saturated heterocycles. The molecule has 1 aliphatic rings. The highest BCUT2D eigenvalue weighted by molar-refractivity contribution is 7.89. The van der Waals surface area contributed by atoms with Gasteiger partial charge < -0.3 is 5.73 Å². The summed E-state index contributed by atoms with van der Waals surface area (Å²) in [5.41, 5.74) is 6.97. The van der Waals surface area contributed by atoms with Crippen molar-refractivity contribution in [2.24, 2.45) is 0 Å². The van der Waals surface area contributed by atoms with E-state index in [0.717, 1.165) is 19.3 Å². The lowest BCUT2D eigenvalue weighted by Gasteiger charge is -2.05. The number of hydrogen-bond acceptors (Lipinski definition) is 4. The van der Waals surface area contributed by atoms with E-state index < -0.39 is 10.0 Å². The van der Waals surface area contributed by atoms with Crippen molar-refractivity contribution < 1.29 is 8.42 Å². The summed E-state index contributed by atoms with van der Waals surface area (Å²) in [5, 5.41) is 3.94. The lowest BCUT2D eigenvalue weighted by Crippen LogP contribution is -2.25. The molecule has 0 saturated carbocycles. The second-order valence-corrected chi connectivity index (χ2v) is 6.37. The van der Waals surface area contributed by atoms with E-state index in [1.165, 1.54) is 22.9 Å². The molecular formula is C12H20N4O2S. The maximum absolute atomic E-state index is 12.1. The topological polar surface area (TPSA) is 90.0 Å². The molecule has 0 spiro atoms. The number of allylic oxidation sites excluding steroid dienone is 1. The summed E-state index contributed by atoms with van der Waals surface area (Å²) in [6.07, 6.45) is 7.79. The molecule has 0 aromatic carbocycles. The Balaban J connectivity index is 1.99. The molecule has 0 atom stereocenters. The fourth-order valence-electron chi connectivity index (χ4n) is 2.18. The predicted octanol–water partition coefficient (Wildman–Crippen LogP) is 1.26. The molecule has 3 N–H and O–H groups in total. The van der Waals surface area contributed by atoms with Crippen molar-refractivity contribution in [1.82, 2.24) is 14.5 Å². The van der Waals surface area contributed by atoms with Gasteiger partial charge >= 0.3 is 0 Å². The molecule has 0 amide bonds. The number of nitrogen functional groups attached to an aromatic ring is 1. The van der Waals surface area contributed by atoms with E-state index in [0.29, 0.717) is 13.1 Å². The summed E-state index contributed by atoms with van der Waals surface area (Å²) in [5.74, 6) is 0.0504. The zero-order valence-corrected chi connectivity index (χ0v) is 11.9. The van der Waals surface area contributed by atoms with Crippen LogP contribution in [-0.4, -0.2) is 24.7 Å². The molecule has 19 heavy (non-hydrogen) atoms. The average Bonchev–Trinajstić information content (AvgIpc) is 2.98. The highest BCUT2D eigenvalue weighted by Gasteiger charge is 2.20. The first kappa shape index (κ1) is 14.1. The maximum atomic E-state index is 12.1. The largest absolute Gasteiger partial charge is 0.381 e. The summed E-state index contributed by atoms with van der Waals surface area (Å²) in [6, 6.07) is 0. The van der Waals surface area contributed by atoms with Crippen molar-refractivity contribution in [2.75, 3.05) is 12.3 Å². The summed E-state index contributed by atoms with van der Waals surface area (Å²) in [4.78, 5) is 0.0646. The Kier molecular flexibility index (Phi) is 4.26. The molecule has 7 heteroatoms. The smallest absolute Gasteiger partial charge is 0.245 e. The summed E-state index contributed by atoms with van der Waals surface area (Å²) in [6.45, 7) is 2.88. The Labute approximate surface area is 113 Å². The molecule has 2 rings (SSSR count). The van der Waals surface area contributed by atoms with Crippen LogP contribution in [0, 0.1) is 0 Å². The first-order valence-electron chi connectivity index (χ1n) is 6.53. The second-order valence-electron chi connectivity index (χ2n) is 4.64. The Morgan fingerprint density at radius 3 is 2.89 bits per heavy atom. The van der Waals surface area contributed by atoms with E-state index in [2.05, 4.69) is 15.9 Å². The SMILES string of the molecule is CCn1cc(S(=O)(=O)NCCC2=CCCC2)c(N)n1. The first-order chi connectivity index (χ1) is 9.03. The van der Waals surface area contributed by atoms with Gasteiger partial charge in [-0.2, -0.15) is 5.10 Å². The normalized spacial score (nSPS) is 15.7. The number of anilines is 1. The fourth-order valence-corrected chi connectivity index (χ4v) is 3.28. The Bertz CT molecular complexity index is 575. The minimum atomic E-state index is -3.56. The third-order valence-corrected chi connectivity index (χ3v) is 4.72. The van der Waals surface area contributed by atoms with Gasteiger partial charge in [0.05, 0.1) is 0 Å². The first-order valence-corrected chi connectivity index (χ1v) is 8.01. The minimum Gasteiger partial charge on any atom is -0.381 e. The van der Waals surface area contributed by atoms with Crippen molar-refractivity contribution in [3.8, 4) is 0 Å². The summed E-state index contributed by atoms with van der Waals surface area (Å²) >= 11 is 0. The standard InChI is InChI=1S/C12H20N4O2S/c1-2-16-9-11(12(13)15-16)19(17,18)14-8-7-10-5-3-4-6-10/h5,9,14H,2-4,6-8H2,1H3,(H2,13,15). The van der Waals surface area contributed by atoms with E-state index in [1.54, 1.807) is 0 Å². The van der Waals surface area contributed by atoms with E-state index in [-0.39, 0.29) is 10.7 Å². The minimum absolute atomic E-state index is 0.0504. The monoisotopic (exact) mass is 284 g/mol. The molecule has 1 aromatic heterocycles. The van der Waals surface area contributed by atoms with Gasteiger partial charge in [-0.05, 0) is 32.6 Å². The van der Waals surface area contributed by atoms with Gasteiger partial charge in [0.2, 0.25) is 10.0 Å². The van der Waals surface area contributed by atoms with Crippen molar-refractivity contribution in [3.05, 3.63) is 17.8 Å². The molecule has 0 fully saturated rings. The van der Waals surface area contributed by atoms with Crippen LogP contribution < -0.4 is 10.5 Å². The van der Waals surface area contributed by atoms with Crippen LogP contribution in [0.25, 0.3) is 0 Å². The quantitative estimate of drug-likeness (QED) is 0.770. The van der Waals surface area contributed by atoms with Gasteiger partial charge in [0.1, 0.15) is 4.90 Å². The molecule has 1 aliphatic carbocycles. The van der Waals surface area contributed by atoms with Crippen LogP contribution in [0.3, 0.4) is 0 Å². The van der Waals surface area contributed by atoms with Gasteiger partial charge in [0.15, 0.2) is 5.82 Å². The molecule has 6 nitrogen and oxygen atoms in total. The van der Waals surface area contributed by atoms with E-state index >= 15 is 0 Å². The van der Waals surface area contributed by atoms with Gasteiger partial charge in [-0.15, -0.1) is 0 Å². The number of aryl methyl sites for hydroxylation is 1. The van der Waals surface area contributed by atoms with Crippen LogP contribution in [0.4, 0.5) is 5.82 Å². The van der Waals surface area contributed by atoms with Crippen molar-refractivity contribution >= 4 is 15.8 Å². The fraction of sp³-hybridized carbons (Fsp3) is 0.583. The number of rotatable bonds is 6. The van der Waals surface area contributed by atoms with Crippen LogP contribution in [0.5, 0.6) is 0 Å². The van der Waals surface area contributed by atoms with Gasteiger partial charge in [0.25, 0.3) is 0 Å². The van der Waals surface area contributed by atoms with Crippen molar-refractivity contribution in [2.45, 2.75) is 44.0 Å². The number of nitrogens with one attached hydrogen (secondary N) is 1. The van der Waals surface area contributed by atoms with E-state index in [1.807, 2.05) is 6.92 Å². The zero-order valence-electron chi connectivity index (χ0n) is 11.1. The lowest BCUT2D eigenvalue weighted by atomic mass is 10.2. The van der Waals surface area contributed by atoms with E-state index in [4.69, 9.17) is 5.73 Å². The molecule has 1 heterocycles. The molecule has 0 bridgehead atoms. The average molecular weight is 284 g/mol. The van der Waals surface area contributed by atoms with Crippen LogP contribution in [0.2, 0.25) is 0 Å². The number of hydrogen-bond donors (Lipinski definition) is 2. The van der Waals surface area contributed by atoms with Gasteiger partial charge in [-0.1, -0.05) is 11.6 Å². The van der Waals surface area contributed by atoms with Crippen molar-refractivity contribution in [1.29, 1.82) is 0 Å². The van der Waals surface area contributed by atoms with E-state index in [9.17, 15) is 8.42 Å². The third kappa shape index (κ3) is 3.36. The van der Waals surface area contributed by atoms with Gasteiger partial charge in [-0.25, -0.2) is 13.1 Å².